The number of unbranched alkanes of at least 4 members (excludes halogenated alkanes) is 65. The van der Waals surface area contributed by atoms with Gasteiger partial charge in [-0.25, -0.2) is 4.79 Å². The average molecular weight is 1780 g/mol. The number of amides is 2. The first-order chi connectivity index (χ1) is 61.0. The smallest absolute Gasteiger partial charge is 0.333 e. The zero-order valence-electron chi connectivity index (χ0n) is 81.4. The first-order valence-electron chi connectivity index (χ1n) is 53.7. The third kappa shape index (κ3) is 66.5. The fourth-order valence-electron chi connectivity index (χ4n) is 18.1. The van der Waals surface area contributed by atoms with Gasteiger partial charge in [-0.2, -0.15) is 0 Å². The van der Waals surface area contributed by atoms with Crippen LogP contribution in [0, 0.1) is 0 Å². The molecule has 0 saturated carbocycles. The molecule has 0 bridgehead atoms. The van der Waals surface area contributed by atoms with E-state index in [2.05, 4.69) is 45.3 Å². The average Bonchev–Trinajstić information content (AvgIpc) is 0.790. The van der Waals surface area contributed by atoms with Crippen molar-refractivity contribution in [3.63, 3.8) is 0 Å². The van der Waals surface area contributed by atoms with Crippen LogP contribution in [0.25, 0.3) is 0 Å². The number of rotatable bonds is 92. The zero-order chi connectivity index (χ0) is 90.9. The van der Waals surface area contributed by atoms with E-state index in [1.807, 2.05) is 0 Å². The second kappa shape index (κ2) is 84.7. The topological polar surface area (TPSA) is 303 Å². The third-order valence-corrected chi connectivity index (χ3v) is 26.2. The van der Waals surface area contributed by atoms with Gasteiger partial charge in [-0.1, -0.05) is 471 Å². The van der Waals surface area contributed by atoms with Crippen LogP contribution in [0.5, 0.6) is 0 Å². The van der Waals surface area contributed by atoms with Crippen molar-refractivity contribution in [3.8, 4) is 0 Å². The molecule has 736 valence electrons. The van der Waals surface area contributed by atoms with Gasteiger partial charge in [-0.15, -0.1) is 0 Å². The minimum absolute atomic E-state index is 0.189. The highest BCUT2D eigenvalue weighted by atomic mass is 16.7. The Morgan fingerprint density at radius 1 is 0.328 bits per heavy atom. The highest BCUT2D eigenvalue weighted by molar-refractivity contribution is 5.86. The maximum absolute atomic E-state index is 14.8. The molecule has 0 aliphatic carbocycles. The van der Waals surface area contributed by atoms with Gasteiger partial charge < -0.3 is 69.7 Å². The van der Waals surface area contributed by atoms with Crippen LogP contribution in [-0.2, 0) is 57.2 Å². The van der Waals surface area contributed by atoms with Crippen LogP contribution in [0.1, 0.15) is 542 Å². The monoisotopic (exact) mass is 1780 g/mol. The lowest BCUT2D eigenvalue weighted by atomic mass is 9.95. The molecule has 2 heterocycles. The molecule has 13 atom stereocenters. The lowest BCUT2D eigenvalue weighted by Gasteiger charge is -2.44. The zero-order valence-corrected chi connectivity index (χ0v) is 81.4. The first-order valence-corrected chi connectivity index (χ1v) is 53.7. The van der Waals surface area contributed by atoms with Gasteiger partial charge in [0.05, 0.1) is 57.2 Å². The SMILES string of the molecule is CCCCCCCCCCCCCCCCCCCCCCCCCCCCC(=O)O[C@H](CCCCCCCCCCCCC)CC(=O)N[C@H]1[C@H](OC[C@H]2OC(=O)[C@H](NC(=O)C[C@H](O)CCCCCCCCCCCCC)[C@@H](OC(=O)C[C@H](O)CCCCCCCCCCCCC)[C@@H]2O)O[C@H](CO)[C@@H](O)[C@@H]1OC(=O)C[C@H](O)CCCCCCCCCCCCC. The summed E-state index contributed by atoms with van der Waals surface area (Å²) in [7, 11) is 0. The molecule has 2 aliphatic rings. The van der Waals surface area contributed by atoms with Crippen molar-refractivity contribution in [1.82, 2.24) is 10.6 Å². The van der Waals surface area contributed by atoms with Crippen LogP contribution < -0.4 is 10.6 Å². The van der Waals surface area contributed by atoms with Gasteiger partial charge in [0.25, 0.3) is 0 Å². The van der Waals surface area contributed by atoms with Gasteiger partial charge in [0, 0.05) is 6.42 Å². The predicted octanol–water partition coefficient (Wildman–Crippen LogP) is 25.1. The Bertz CT molecular complexity index is 2480. The highest BCUT2D eigenvalue weighted by Crippen LogP contribution is 2.31. The largest absolute Gasteiger partial charge is 0.462 e. The lowest BCUT2D eigenvalue weighted by molar-refractivity contribution is -0.283. The standard InChI is InChI=1S/C105H198N2O18/c1-6-11-16-21-26-31-36-37-38-39-40-41-42-43-44-45-46-47-48-49-50-55-60-65-70-75-80-95(114)121-90(79-74-69-64-59-54-35-30-25-20-15-10-5)84-94(113)107-99-103(125-97(116)83-89(111)78-73-68-63-58-53-34-29-24-19-14-9-4)100(117)91(85-108)123-105(99)120-86-92-101(118)102(124-96(115)82-88(110)77-72-67-62-57-52-33-28-23-18-13-8-3)98(104(119)122-92)106-93(112)81-87(109)76-71-66-61-56-51-32-27-22-17-12-7-2/h87-92,98-103,105,108-111,117-118H,6-86H2,1-5H3,(H,106,112)(H,107,113)/t87-,88-,89-,90-,91-,92-,98-,99-,100-,101-,102-,103-,105-/m1/s1. The molecule has 2 aliphatic heterocycles. The van der Waals surface area contributed by atoms with E-state index in [4.69, 9.17) is 28.4 Å². The molecular formula is C105H198N2O18. The van der Waals surface area contributed by atoms with Crippen molar-refractivity contribution >= 4 is 35.7 Å². The summed E-state index contributed by atoms with van der Waals surface area (Å²) in [5, 5.41) is 74.0. The maximum Gasteiger partial charge on any atom is 0.333 e. The van der Waals surface area contributed by atoms with Crippen molar-refractivity contribution in [2.24, 2.45) is 0 Å². The van der Waals surface area contributed by atoms with E-state index in [-0.39, 0.29) is 19.3 Å². The molecule has 0 radical (unpaired) electrons. The Morgan fingerprint density at radius 2 is 0.600 bits per heavy atom. The second-order valence-electron chi connectivity index (χ2n) is 38.3. The highest BCUT2D eigenvalue weighted by Gasteiger charge is 2.52. The van der Waals surface area contributed by atoms with Crippen LogP contribution in [-0.4, -0.2) is 159 Å². The number of carbonyl (C=O) groups is 6. The quantitative estimate of drug-likeness (QED) is 0.0159. The fourth-order valence-corrected chi connectivity index (χ4v) is 18.1. The number of ether oxygens (including phenoxy) is 6. The van der Waals surface area contributed by atoms with E-state index in [1.54, 1.807) is 0 Å². The van der Waals surface area contributed by atoms with Gasteiger partial charge >= 0.3 is 23.9 Å². The Labute approximate surface area is 764 Å². The van der Waals surface area contributed by atoms with E-state index in [0.29, 0.717) is 57.8 Å². The summed E-state index contributed by atoms with van der Waals surface area (Å²) in [5.74, 6) is -4.81. The molecule has 0 aromatic heterocycles. The molecule has 0 aromatic carbocycles. The van der Waals surface area contributed by atoms with E-state index >= 15 is 0 Å². The van der Waals surface area contributed by atoms with Crippen LogP contribution in [0.4, 0.5) is 0 Å². The van der Waals surface area contributed by atoms with Crippen LogP contribution in [0.15, 0.2) is 0 Å². The molecular weight excluding hydrogens is 1580 g/mol. The van der Waals surface area contributed by atoms with Gasteiger partial charge in [-0.05, 0) is 38.5 Å². The van der Waals surface area contributed by atoms with Crippen molar-refractivity contribution in [2.75, 3.05) is 13.2 Å². The molecule has 2 rings (SSSR count). The summed E-state index contributed by atoms with van der Waals surface area (Å²) in [6, 6.07) is -3.34. The van der Waals surface area contributed by atoms with E-state index < -0.39 is 141 Å². The Hall–Kier alpha value is -3.50. The molecule has 8 N–H and O–H groups in total. The summed E-state index contributed by atoms with van der Waals surface area (Å²) in [5.41, 5.74) is 0. The number of nitrogens with one attached hydrogen (secondary N) is 2. The number of cyclic esters (lactones) is 1. The number of hydrogen-bond acceptors (Lipinski definition) is 18. The van der Waals surface area contributed by atoms with E-state index in [9.17, 15) is 59.4 Å². The lowest BCUT2D eigenvalue weighted by Crippen LogP contribution is -2.67. The van der Waals surface area contributed by atoms with Crippen molar-refractivity contribution < 1.29 is 87.8 Å². The molecule has 125 heavy (non-hydrogen) atoms. The number of aliphatic hydroxyl groups is 6. The molecule has 2 saturated heterocycles. The molecule has 0 aromatic rings. The van der Waals surface area contributed by atoms with Gasteiger partial charge in [-0.3, -0.25) is 24.0 Å². The van der Waals surface area contributed by atoms with Crippen LogP contribution in [0.3, 0.4) is 0 Å². The summed E-state index contributed by atoms with van der Waals surface area (Å²) < 4.78 is 36.5. The fraction of sp³-hybridized carbons (Fsp3) is 0.943. The van der Waals surface area contributed by atoms with Gasteiger partial charge in [0.15, 0.2) is 30.6 Å². The summed E-state index contributed by atoms with van der Waals surface area (Å²) >= 11 is 0. The Kier molecular flexibility index (Phi) is 79.7. The number of aliphatic hydroxyl groups excluding tert-OH is 6. The van der Waals surface area contributed by atoms with E-state index in [0.717, 1.165) is 122 Å². The molecule has 2 amide bonds. The summed E-state index contributed by atoms with van der Waals surface area (Å²) in [4.78, 5) is 84.9. The minimum Gasteiger partial charge on any atom is -0.462 e. The van der Waals surface area contributed by atoms with Crippen molar-refractivity contribution in [3.05, 3.63) is 0 Å². The molecule has 2 fully saturated rings. The van der Waals surface area contributed by atoms with E-state index in [1.165, 1.54) is 295 Å². The van der Waals surface area contributed by atoms with Crippen molar-refractivity contribution in [2.45, 2.75) is 621 Å². The number of hydrogen-bond donors (Lipinski definition) is 8. The number of carbonyl (C=O) groups excluding carboxylic acids is 6. The van der Waals surface area contributed by atoms with Gasteiger partial charge in [0.1, 0.15) is 30.5 Å². The minimum atomic E-state index is -1.91. The second-order valence-corrected chi connectivity index (χ2v) is 38.3. The third-order valence-electron chi connectivity index (χ3n) is 26.2. The Balaban J connectivity index is 2.32. The normalized spacial score (nSPS) is 19.4. The first kappa shape index (κ1) is 118. The van der Waals surface area contributed by atoms with Crippen LogP contribution in [0.2, 0.25) is 0 Å². The summed E-state index contributed by atoms with van der Waals surface area (Å²) in [6.45, 7) is 9.57. The summed E-state index contributed by atoms with van der Waals surface area (Å²) in [6.07, 6.45) is 66.0. The van der Waals surface area contributed by atoms with Crippen molar-refractivity contribution in [1.29, 1.82) is 0 Å². The molecule has 20 nitrogen and oxygen atoms in total. The maximum atomic E-state index is 14.8. The molecule has 0 unspecified atom stereocenters. The molecule has 0 spiro atoms. The predicted molar refractivity (Wildman–Crippen MR) is 508 cm³/mol. The Morgan fingerprint density at radius 3 is 0.920 bits per heavy atom. The number of esters is 4. The molecule has 20 heteroatoms. The van der Waals surface area contributed by atoms with Gasteiger partial charge in [0.2, 0.25) is 11.8 Å². The van der Waals surface area contributed by atoms with Crippen LogP contribution >= 0.6 is 0 Å².